The van der Waals surface area contributed by atoms with Gasteiger partial charge in [-0.05, 0) is 107 Å². The Labute approximate surface area is 370 Å². The van der Waals surface area contributed by atoms with E-state index in [-0.39, 0.29) is 37.3 Å². The SMILES string of the molecule is CC[C@H]1OC(=O)[C@H](C)[C@@H](O[C@H]2C[C@@](C)(OC)[C@@H](O)[C@H](C)O2)[C@H](C)[C@@H](O[C@@H]2O[C@H](C)C[C@H](N(C)C)[C@H]2Oc2ccc(OC)cc2OC)[C@](C)(O)C[C@@H](C)CN(C)[C@H](C)[C@@H](O)[C@]1(C)O. The van der Waals surface area contributed by atoms with Crippen LogP contribution in [0.25, 0.3) is 0 Å². The Hall–Kier alpha value is -2.35. The second kappa shape index (κ2) is 21.3. The lowest BCUT2D eigenvalue weighted by Gasteiger charge is -2.49. The minimum absolute atomic E-state index is 0.120. The van der Waals surface area contributed by atoms with Crippen LogP contribution in [0.1, 0.15) is 94.9 Å². The van der Waals surface area contributed by atoms with Gasteiger partial charge in [0.05, 0.1) is 61.8 Å². The highest BCUT2D eigenvalue weighted by Crippen LogP contribution is 2.42. The van der Waals surface area contributed by atoms with E-state index in [0.717, 1.165) is 0 Å². The van der Waals surface area contributed by atoms with E-state index in [9.17, 15) is 25.2 Å². The zero-order chi connectivity index (χ0) is 46.6. The summed E-state index contributed by atoms with van der Waals surface area (Å²) in [4.78, 5) is 18.5. The first-order valence-electron chi connectivity index (χ1n) is 22.3. The van der Waals surface area contributed by atoms with Crippen LogP contribution >= 0.6 is 0 Å². The lowest BCUT2D eigenvalue weighted by Crippen LogP contribution is -2.61. The minimum Gasteiger partial charge on any atom is -0.497 e. The number of aliphatic hydroxyl groups excluding tert-OH is 2. The van der Waals surface area contributed by atoms with E-state index in [1.54, 1.807) is 67.0 Å². The molecule has 0 bridgehead atoms. The molecule has 3 saturated heterocycles. The van der Waals surface area contributed by atoms with E-state index >= 15 is 0 Å². The second-order valence-corrected chi connectivity index (χ2v) is 19.3. The maximum atomic E-state index is 14.5. The van der Waals surface area contributed by atoms with Gasteiger partial charge in [0.25, 0.3) is 0 Å². The van der Waals surface area contributed by atoms with Crippen LogP contribution in [0.3, 0.4) is 0 Å². The lowest BCUT2D eigenvalue weighted by molar-refractivity contribution is -0.316. The molecule has 3 heterocycles. The van der Waals surface area contributed by atoms with Gasteiger partial charge in [-0.3, -0.25) is 4.79 Å². The summed E-state index contributed by atoms with van der Waals surface area (Å²) in [6.45, 7) is 18.3. The number of hydrogen-bond acceptors (Lipinski definition) is 16. The van der Waals surface area contributed by atoms with Crippen molar-refractivity contribution < 1.29 is 67.9 Å². The molecule has 1 aromatic rings. The Morgan fingerprint density at radius 2 is 1.55 bits per heavy atom. The summed E-state index contributed by atoms with van der Waals surface area (Å²) in [6.07, 6.45) is -8.02. The molecule has 16 heteroatoms. The first kappa shape index (κ1) is 52.3. The molecule has 0 radical (unpaired) electrons. The van der Waals surface area contributed by atoms with Crippen molar-refractivity contribution in [2.45, 2.75) is 185 Å². The van der Waals surface area contributed by atoms with Crippen molar-refractivity contribution in [2.24, 2.45) is 17.8 Å². The van der Waals surface area contributed by atoms with Crippen molar-refractivity contribution in [3.63, 3.8) is 0 Å². The number of methoxy groups -OCH3 is 3. The molecule has 0 aromatic heterocycles. The Balaban J connectivity index is 1.89. The summed E-state index contributed by atoms with van der Waals surface area (Å²) in [7, 11) is 10.4. The fourth-order valence-electron chi connectivity index (χ4n) is 9.87. The van der Waals surface area contributed by atoms with Gasteiger partial charge in [-0.15, -0.1) is 0 Å². The van der Waals surface area contributed by atoms with Gasteiger partial charge in [-0.25, -0.2) is 0 Å². The summed E-state index contributed by atoms with van der Waals surface area (Å²) in [6, 6.07) is 4.52. The minimum atomic E-state index is -1.82. The van der Waals surface area contributed by atoms with E-state index in [1.807, 2.05) is 53.7 Å². The molecule has 3 fully saturated rings. The number of esters is 1. The Kier molecular flexibility index (Phi) is 18.0. The molecule has 4 N–H and O–H groups in total. The van der Waals surface area contributed by atoms with Crippen molar-refractivity contribution in [1.82, 2.24) is 9.80 Å². The monoisotopic (exact) mass is 885 g/mol. The number of ether oxygens (including phenoxy) is 9. The van der Waals surface area contributed by atoms with E-state index in [1.165, 1.54) is 14.0 Å². The van der Waals surface area contributed by atoms with Crippen LogP contribution in [-0.2, 0) is 33.2 Å². The Morgan fingerprint density at radius 3 is 2.13 bits per heavy atom. The quantitative estimate of drug-likeness (QED) is 0.234. The molecule has 18 atom stereocenters. The zero-order valence-corrected chi connectivity index (χ0v) is 40.2. The van der Waals surface area contributed by atoms with Gasteiger partial charge in [0.1, 0.15) is 29.7 Å². The maximum Gasteiger partial charge on any atom is 0.311 e. The first-order chi connectivity index (χ1) is 28.8. The molecule has 1 aromatic carbocycles. The standard InChI is InChI=1S/C46H80N2O14/c1-17-35-46(10,53)39(49)29(6)48(13)24-25(2)22-44(8,52)41(27(4)37(28(5)42(51)60-35)61-36-23-45(9,56-16)40(50)30(7)58-36)62-43-38(32(47(11)12)20-26(3)57-43)59-33-19-18-31(54-14)21-34(33)55-15/h18-19,21,25-30,32,35-41,43,49-50,52-53H,17,20,22-24H2,1-16H3/t25-,26-,27+,28-,29-,30+,32+,35-,36+,37+,38-,39-,40+,41-,43+,44-,45-,46-/m1/s1. The summed E-state index contributed by atoms with van der Waals surface area (Å²) in [5.74, 6) is -1.19. The van der Waals surface area contributed by atoms with Crippen LogP contribution in [0.4, 0.5) is 0 Å². The molecule has 0 amide bonds. The highest BCUT2D eigenvalue weighted by Gasteiger charge is 2.53. The number of aliphatic hydroxyl groups is 4. The molecule has 0 unspecified atom stereocenters. The molecule has 0 saturated carbocycles. The lowest BCUT2D eigenvalue weighted by atomic mass is 9.77. The molecule has 358 valence electrons. The highest BCUT2D eigenvalue weighted by atomic mass is 16.7. The third kappa shape index (κ3) is 11.7. The normalized spacial score (nSPS) is 43.3. The summed E-state index contributed by atoms with van der Waals surface area (Å²) in [5, 5.41) is 47.5. The molecular formula is C46H80N2O14. The number of rotatable bonds is 11. The smallest absolute Gasteiger partial charge is 0.311 e. The molecule has 3 aliphatic rings. The number of carbonyl (C=O) groups is 1. The fraction of sp³-hybridized carbons (Fsp3) is 0.848. The van der Waals surface area contributed by atoms with E-state index in [4.69, 9.17) is 42.6 Å². The van der Waals surface area contributed by atoms with Crippen LogP contribution in [0, 0.1) is 17.8 Å². The largest absolute Gasteiger partial charge is 0.497 e. The number of benzene rings is 1. The Morgan fingerprint density at radius 1 is 0.887 bits per heavy atom. The van der Waals surface area contributed by atoms with Crippen LogP contribution in [-0.4, -0.2) is 176 Å². The molecule has 16 nitrogen and oxygen atoms in total. The summed E-state index contributed by atoms with van der Waals surface area (Å²) in [5.41, 5.74) is -4.46. The van der Waals surface area contributed by atoms with E-state index < -0.39 is 96.0 Å². The van der Waals surface area contributed by atoms with Gasteiger partial charge in [0.2, 0.25) is 0 Å². The number of carbonyl (C=O) groups excluding carboxylic acids is 1. The summed E-state index contributed by atoms with van der Waals surface area (Å²) < 4.78 is 56.8. The van der Waals surface area contributed by atoms with Gasteiger partial charge < -0.3 is 72.9 Å². The molecule has 4 rings (SSSR count). The average molecular weight is 885 g/mol. The molecule has 0 aliphatic carbocycles. The van der Waals surface area contributed by atoms with Crippen molar-refractivity contribution in [2.75, 3.05) is 49.0 Å². The number of hydrogen-bond donors (Lipinski definition) is 4. The van der Waals surface area contributed by atoms with Crippen LogP contribution in [0.15, 0.2) is 18.2 Å². The molecule has 62 heavy (non-hydrogen) atoms. The predicted molar refractivity (Wildman–Crippen MR) is 232 cm³/mol. The molecular weight excluding hydrogens is 805 g/mol. The van der Waals surface area contributed by atoms with Gasteiger partial charge >= 0.3 is 5.97 Å². The molecule has 0 spiro atoms. The van der Waals surface area contributed by atoms with Crippen molar-refractivity contribution in [3.05, 3.63) is 18.2 Å². The van der Waals surface area contributed by atoms with Gasteiger partial charge in [-0.1, -0.05) is 20.8 Å². The number of cyclic esters (lactones) is 1. The van der Waals surface area contributed by atoms with Crippen LogP contribution < -0.4 is 14.2 Å². The van der Waals surface area contributed by atoms with E-state index in [0.29, 0.717) is 30.2 Å². The van der Waals surface area contributed by atoms with Crippen molar-refractivity contribution in [3.8, 4) is 17.2 Å². The highest BCUT2D eigenvalue weighted by molar-refractivity contribution is 5.73. The van der Waals surface area contributed by atoms with Crippen LogP contribution in [0.2, 0.25) is 0 Å². The Bertz CT molecular complexity index is 1580. The first-order valence-corrected chi connectivity index (χ1v) is 22.3. The van der Waals surface area contributed by atoms with Gasteiger partial charge in [0.15, 0.2) is 30.2 Å². The van der Waals surface area contributed by atoms with Gasteiger partial charge in [-0.2, -0.15) is 0 Å². The number of nitrogens with zero attached hydrogens (tertiary/aromatic N) is 2. The van der Waals surface area contributed by atoms with E-state index in [2.05, 4.69) is 4.90 Å². The average Bonchev–Trinajstić information content (AvgIpc) is 3.21. The van der Waals surface area contributed by atoms with Crippen LogP contribution in [0.5, 0.6) is 17.2 Å². The maximum absolute atomic E-state index is 14.5. The topological polar surface area (TPSA) is 188 Å². The zero-order valence-electron chi connectivity index (χ0n) is 40.2. The van der Waals surface area contributed by atoms with Gasteiger partial charge in [0, 0.05) is 38.1 Å². The molecule has 3 aliphatic heterocycles. The third-order valence-corrected chi connectivity index (χ3v) is 13.8. The number of likely N-dealkylation sites (N-methyl/N-ethyl adjacent to an activating group) is 2. The second-order valence-electron chi connectivity index (χ2n) is 19.3. The summed E-state index contributed by atoms with van der Waals surface area (Å²) >= 11 is 0. The fourth-order valence-corrected chi connectivity index (χ4v) is 9.87. The predicted octanol–water partition coefficient (Wildman–Crippen LogP) is 4.00. The van der Waals surface area contributed by atoms with Crippen molar-refractivity contribution >= 4 is 5.97 Å². The third-order valence-electron chi connectivity index (χ3n) is 13.8. The van der Waals surface area contributed by atoms with Crippen molar-refractivity contribution in [1.29, 1.82) is 0 Å².